The van der Waals surface area contributed by atoms with Crippen LogP contribution in [0.15, 0.2) is 27.8 Å². The van der Waals surface area contributed by atoms with Crippen molar-refractivity contribution in [3.05, 3.63) is 24.2 Å². The lowest BCUT2D eigenvalue weighted by Gasteiger charge is -2.20. The molecule has 1 amide bonds. The zero-order valence-corrected chi connectivity index (χ0v) is 14.4. The van der Waals surface area contributed by atoms with E-state index in [0.29, 0.717) is 25.7 Å². The Kier molecular flexibility index (Phi) is 8.18. The molecule has 1 aromatic heterocycles. The molecule has 0 aliphatic rings. The van der Waals surface area contributed by atoms with Crippen molar-refractivity contribution in [1.29, 1.82) is 0 Å². The summed E-state index contributed by atoms with van der Waals surface area (Å²) in [6, 6.07) is 3.78. The van der Waals surface area contributed by atoms with E-state index in [-0.39, 0.29) is 18.0 Å². The zero-order valence-electron chi connectivity index (χ0n) is 14.4. The highest BCUT2D eigenvalue weighted by molar-refractivity contribution is 5.85. The van der Waals surface area contributed by atoms with Crippen molar-refractivity contribution in [2.24, 2.45) is 4.99 Å². The fourth-order valence-corrected chi connectivity index (χ4v) is 1.81. The van der Waals surface area contributed by atoms with Gasteiger partial charge in [-0.05, 0) is 32.9 Å². The first-order valence-electron chi connectivity index (χ1n) is 7.75. The van der Waals surface area contributed by atoms with Crippen molar-refractivity contribution in [2.75, 3.05) is 33.4 Å². The number of hydrogen-bond donors (Lipinski definition) is 3. The molecule has 0 spiro atoms. The SMILES string of the molecule is COCCNC(=NCC(=O)NC(C)(C)C)NCCc1ccco1. The van der Waals surface area contributed by atoms with Gasteiger partial charge in [-0.2, -0.15) is 0 Å². The van der Waals surface area contributed by atoms with Crippen molar-refractivity contribution in [2.45, 2.75) is 32.7 Å². The van der Waals surface area contributed by atoms with E-state index in [1.165, 1.54) is 0 Å². The summed E-state index contributed by atoms with van der Waals surface area (Å²) in [7, 11) is 1.64. The summed E-state index contributed by atoms with van der Waals surface area (Å²) >= 11 is 0. The van der Waals surface area contributed by atoms with Crippen LogP contribution in [0.4, 0.5) is 0 Å². The number of methoxy groups -OCH3 is 1. The fourth-order valence-electron chi connectivity index (χ4n) is 1.81. The van der Waals surface area contributed by atoms with E-state index in [4.69, 9.17) is 9.15 Å². The minimum Gasteiger partial charge on any atom is -0.469 e. The van der Waals surface area contributed by atoms with Crippen LogP contribution in [0.2, 0.25) is 0 Å². The van der Waals surface area contributed by atoms with E-state index < -0.39 is 0 Å². The van der Waals surface area contributed by atoms with Gasteiger partial charge in [0.25, 0.3) is 0 Å². The summed E-state index contributed by atoms with van der Waals surface area (Å²) in [5.41, 5.74) is -0.261. The maximum absolute atomic E-state index is 11.8. The van der Waals surface area contributed by atoms with Crippen molar-refractivity contribution >= 4 is 11.9 Å². The maximum atomic E-state index is 11.8. The molecular formula is C16H28N4O3. The first kappa shape index (κ1) is 19.0. The first-order valence-corrected chi connectivity index (χ1v) is 7.75. The Hall–Kier alpha value is -2.02. The second kappa shape index (κ2) is 9.89. The van der Waals surface area contributed by atoms with Crippen LogP contribution in [0.3, 0.4) is 0 Å². The summed E-state index contributed by atoms with van der Waals surface area (Å²) in [5, 5.41) is 9.18. The van der Waals surface area contributed by atoms with Crippen LogP contribution in [0.5, 0.6) is 0 Å². The number of rotatable bonds is 8. The average molecular weight is 324 g/mol. The van der Waals surface area contributed by atoms with Crippen molar-refractivity contribution in [1.82, 2.24) is 16.0 Å². The minimum atomic E-state index is -0.261. The minimum absolute atomic E-state index is 0.0698. The molecule has 0 atom stereocenters. The molecule has 0 aromatic carbocycles. The van der Waals surface area contributed by atoms with E-state index >= 15 is 0 Å². The second-order valence-electron chi connectivity index (χ2n) is 6.14. The van der Waals surface area contributed by atoms with Crippen LogP contribution in [-0.2, 0) is 16.0 Å². The van der Waals surface area contributed by atoms with Gasteiger partial charge in [-0.1, -0.05) is 0 Å². The zero-order chi connectivity index (χ0) is 17.1. The summed E-state index contributed by atoms with van der Waals surface area (Å²) in [5.74, 6) is 1.37. The third-order valence-electron chi connectivity index (χ3n) is 2.74. The van der Waals surface area contributed by atoms with Gasteiger partial charge in [0.15, 0.2) is 5.96 Å². The van der Waals surface area contributed by atoms with Crippen molar-refractivity contribution in [3.8, 4) is 0 Å². The molecule has 0 saturated heterocycles. The molecular weight excluding hydrogens is 296 g/mol. The molecule has 3 N–H and O–H groups in total. The van der Waals surface area contributed by atoms with Gasteiger partial charge in [0.1, 0.15) is 12.3 Å². The van der Waals surface area contributed by atoms with Gasteiger partial charge < -0.3 is 25.1 Å². The molecule has 7 heteroatoms. The van der Waals surface area contributed by atoms with E-state index in [9.17, 15) is 4.79 Å². The Morgan fingerprint density at radius 1 is 1.30 bits per heavy atom. The van der Waals surface area contributed by atoms with E-state index in [0.717, 1.165) is 12.2 Å². The van der Waals surface area contributed by atoms with Gasteiger partial charge in [0.05, 0.1) is 12.9 Å². The van der Waals surface area contributed by atoms with E-state index in [1.807, 2.05) is 32.9 Å². The third-order valence-corrected chi connectivity index (χ3v) is 2.74. The Labute approximate surface area is 137 Å². The van der Waals surface area contributed by atoms with Crippen LogP contribution >= 0.6 is 0 Å². The van der Waals surface area contributed by atoms with Crippen molar-refractivity contribution < 1.29 is 13.9 Å². The summed E-state index contributed by atoms with van der Waals surface area (Å²) in [6.07, 6.45) is 2.39. The number of nitrogens with one attached hydrogen (secondary N) is 3. The second-order valence-corrected chi connectivity index (χ2v) is 6.14. The highest BCUT2D eigenvalue weighted by Crippen LogP contribution is 1.99. The van der Waals surface area contributed by atoms with Gasteiger partial charge in [0, 0.05) is 32.2 Å². The topological polar surface area (TPSA) is 87.9 Å². The van der Waals surface area contributed by atoms with Crippen molar-refractivity contribution in [3.63, 3.8) is 0 Å². The number of guanidine groups is 1. The normalized spacial score (nSPS) is 12.1. The largest absolute Gasteiger partial charge is 0.469 e. The van der Waals surface area contributed by atoms with Crippen LogP contribution in [0, 0.1) is 0 Å². The number of hydrogen-bond acceptors (Lipinski definition) is 4. The molecule has 7 nitrogen and oxygen atoms in total. The number of carbonyl (C=O) groups is 1. The molecule has 0 bridgehead atoms. The molecule has 0 radical (unpaired) electrons. The highest BCUT2D eigenvalue weighted by atomic mass is 16.5. The van der Waals surface area contributed by atoms with E-state index in [1.54, 1.807) is 13.4 Å². The highest BCUT2D eigenvalue weighted by Gasteiger charge is 2.13. The molecule has 0 fully saturated rings. The molecule has 1 aromatic rings. The van der Waals surface area contributed by atoms with Gasteiger partial charge >= 0.3 is 0 Å². The number of carbonyl (C=O) groups excluding carboxylic acids is 1. The van der Waals surface area contributed by atoms with Gasteiger partial charge in [-0.25, -0.2) is 4.99 Å². The molecule has 0 aliphatic heterocycles. The van der Waals surface area contributed by atoms with Crippen LogP contribution in [0.25, 0.3) is 0 Å². The van der Waals surface area contributed by atoms with Crippen LogP contribution in [-0.4, -0.2) is 50.8 Å². The summed E-state index contributed by atoms with van der Waals surface area (Å²) in [4.78, 5) is 16.1. The Balaban J connectivity index is 2.45. The predicted molar refractivity (Wildman–Crippen MR) is 90.5 cm³/mol. The number of nitrogens with zero attached hydrogens (tertiary/aromatic N) is 1. The third kappa shape index (κ3) is 9.57. The number of furan rings is 1. The molecule has 23 heavy (non-hydrogen) atoms. The predicted octanol–water partition coefficient (Wildman–Crippen LogP) is 0.918. The molecule has 1 rings (SSSR count). The molecule has 0 unspecified atom stereocenters. The molecule has 130 valence electrons. The standard InChI is InChI=1S/C16H28N4O3/c1-16(2,3)20-14(21)12-19-15(18-9-11-22-4)17-8-7-13-6-5-10-23-13/h5-6,10H,7-9,11-12H2,1-4H3,(H,20,21)(H2,17,18,19). The lowest BCUT2D eigenvalue weighted by molar-refractivity contribution is -0.121. The van der Waals surface area contributed by atoms with Gasteiger partial charge in [-0.15, -0.1) is 0 Å². The lowest BCUT2D eigenvalue weighted by atomic mass is 10.1. The smallest absolute Gasteiger partial charge is 0.242 e. The number of ether oxygens (including phenoxy) is 1. The lowest BCUT2D eigenvalue weighted by Crippen LogP contribution is -2.44. The quantitative estimate of drug-likeness (QED) is 0.376. The summed E-state index contributed by atoms with van der Waals surface area (Å²) in [6.45, 7) is 7.72. The maximum Gasteiger partial charge on any atom is 0.242 e. The van der Waals surface area contributed by atoms with Crippen LogP contribution in [0.1, 0.15) is 26.5 Å². The van der Waals surface area contributed by atoms with Gasteiger partial charge in [0.2, 0.25) is 5.91 Å². The first-order chi connectivity index (χ1) is 10.9. The Bertz CT molecular complexity index is 478. The number of amides is 1. The monoisotopic (exact) mass is 324 g/mol. The molecule has 0 aliphatic carbocycles. The summed E-state index contributed by atoms with van der Waals surface area (Å²) < 4.78 is 10.3. The number of aliphatic imine (C=N–C) groups is 1. The average Bonchev–Trinajstić information content (AvgIpc) is 2.95. The van der Waals surface area contributed by atoms with Gasteiger partial charge in [-0.3, -0.25) is 4.79 Å². The van der Waals surface area contributed by atoms with Crippen LogP contribution < -0.4 is 16.0 Å². The molecule has 0 saturated carbocycles. The van der Waals surface area contributed by atoms with E-state index in [2.05, 4.69) is 20.9 Å². The molecule has 1 heterocycles. The Morgan fingerprint density at radius 3 is 2.65 bits per heavy atom. The fraction of sp³-hybridized carbons (Fsp3) is 0.625. The Morgan fingerprint density at radius 2 is 2.04 bits per heavy atom.